The van der Waals surface area contributed by atoms with Crippen molar-refractivity contribution in [3.8, 4) is 0 Å². The molecule has 21 heavy (non-hydrogen) atoms. The standard InChI is InChI=1S/C13H16ClN7/c1-15-12-18-9-10(14)11(19-12)20-5-7-21(8-6-20)13-16-3-2-4-17-13/h2-4,9H,5-8H2,1H3,(H,15,18,19). The summed E-state index contributed by atoms with van der Waals surface area (Å²) in [5.74, 6) is 2.11. The Kier molecular flexibility index (Phi) is 4.01. The summed E-state index contributed by atoms with van der Waals surface area (Å²) in [6, 6.07) is 1.82. The van der Waals surface area contributed by atoms with Gasteiger partial charge >= 0.3 is 0 Å². The van der Waals surface area contributed by atoms with Gasteiger partial charge in [-0.25, -0.2) is 15.0 Å². The summed E-state index contributed by atoms with van der Waals surface area (Å²) in [5.41, 5.74) is 0. The van der Waals surface area contributed by atoms with Crippen molar-refractivity contribution >= 4 is 29.3 Å². The topological polar surface area (TPSA) is 70.1 Å². The number of aromatic nitrogens is 4. The third-order valence-electron chi connectivity index (χ3n) is 3.36. The highest BCUT2D eigenvalue weighted by Crippen LogP contribution is 2.25. The van der Waals surface area contributed by atoms with Crippen molar-refractivity contribution in [3.63, 3.8) is 0 Å². The lowest BCUT2D eigenvalue weighted by molar-refractivity contribution is 0.634. The van der Waals surface area contributed by atoms with Gasteiger partial charge in [0.25, 0.3) is 0 Å². The first-order chi connectivity index (χ1) is 10.3. The lowest BCUT2D eigenvalue weighted by atomic mass is 10.3. The number of anilines is 3. The van der Waals surface area contributed by atoms with Crippen molar-refractivity contribution in [2.24, 2.45) is 0 Å². The number of rotatable bonds is 3. The first kappa shape index (κ1) is 13.8. The minimum atomic E-state index is 0.568. The Labute approximate surface area is 128 Å². The Morgan fingerprint density at radius 3 is 2.38 bits per heavy atom. The van der Waals surface area contributed by atoms with Crippen LogP contribution in [0.2, 0.25) is 5.02 Å². The summed E-state index contributed by atoms with van der Waals surface area (Å²) in [6.07, 6.45) is 5.15. The molecule has 1 N–H and O–H groups in total. The second-order valence-electron chi connectivity index (χ2n) is 4.64. The number of hydrogen-bond acceptors (Lipinski definition) is 7. The number of halogens is 1. The highest BCUT2D eigenvalue weighted by Gasteiger charge is 2.21. The van der Waals surface area contributed by atoms with E-state index in [-0.39, 0.29) is 0 Å². The van der Waals surface area contributed by atoms with Crippen LogP contribution in [0.3, 0.4) is 0 Å². The first-order valence-electron chi connectivity index (χ1n) is 6.75. The van der Waals surface area contributed by atoms with Crippen LogP contribution in [-0.4, -0.2) is 53.2 Å². The largest absolute Gasteiger partial charge is 0.357 e. The summed E-state index contributed by atoms with van der Waals surface area (Å²) in [6.45, 7) is 3.30. The lowest BCUT2D eigenvalue weighted by Crippen LogP contribution is -2.47. The third kappa shape index (κ3) is 2.97. The van der Waals surface area contributed by atoms with Crippen molar-refractivity contribution in [1.82, 2.24) is 19.9 Å². The average Bonchev–Trinajstić information content (AvgIpc) is 2.56. The van der Waals surface area contributed by atoms with Gasteiger partial charge in [-0.3, -0.25) is 0 Å². The molecule has 2 aromatic rings. The van der Waals surface area contributed by atoms with E-state index in [0.29, 0.717) is 11.0 Å². The zero-order valence-electron chi connectivity index (χ0n) is 11.7. The molecule has 3 heterocycles. The van der Waals surface area contributed by atoms with Gasteiger partial charge in [0.05, 0.1) is 6.20 Å². The van der Waals surface area contributed by atoms with Crippen molar-refractivity contribution in [2.45, 2.75) is 0 Å². The Balaban J connectivity index is 1.71. The van der Waals surface area contributed by atoms with E-state index in [9.17, 15) is 0 Å². The Hall–Kier alpha value is -2.15. The molecule has 0 spiro atoms. The maximum Gasteiger partial charge on any atom is 0.225 e. The highest BCUT2D eigenvalue weighted by molar-refractivity contribution is 6.32. The van der Waals surface area contributed by atoms with Crippen LogP contribution in [0.5, 0.6) is 0 Å². The smallest absolute Gasteiger partial charge is 0.225 e. The van der Waals surface area contributed by atoms with Crippen LogP contribution in [0.15, 0.2) is 24.7 Å². The maximum atomic E-state index is 6.21. The summed E-state index contributed by atoms with van der Waals surface area (Å²) >= 11 is 6.21. The maximum absolute atomic E-state index is 6.21. The summed E-state index contributed by atoms with van der Waals surface area (Å²) in [7, 11) is 1.79. The molecule has 0 aromatic carbocycles. The first-order valence-corrected chi connectivity index (χ1v) is 7.13. The van der Waals surface area contributed by atoms with E-state index in [2.05, 4.69) is 35.1 Å². The van der Waals surface area contributed by atoms with Crippen molar-refractivity contribution < 1.29 is 0 Å². The molecule has 0 radical (unpaired) electrons. The van der Waals surface area contributed by atoms with E-state index in [1.165, 1.54) is 0 Å². The minimum absolute atomic E-state index is 0.568. The van der Waals surface area contributed by atoms with Gasteiger partial charge in [0, 0.05) is 45.6 Å². The molecule has 2 aromatic heterocycles. The fraction of sp³-hybridized carbons (Fsp3) is 0.385. The molecule has 8 heteroatoms. The Morgan fingerprint density at radius 2 is 1.71 bits per heavy atom. The molecule has 0 saturated carbocycles. The van der Waals surface area contributed by atoms with Crippen LogP contribution < -0.4 is 15.1 Å². The molecule has 0 amide bonds. The summed E-state index contributed by atoms with van der Waals surface area (Å²) in [5, 5.41) is 3.50. The second kappa shape index (κ2) is 6.09. The van der Waals surface area contributed by atoms with Crippen molar-refractivity contribution in [2.75, 3.05) is 48.3 Å². The molecule has 1 saturated heterocycles. The van der Waals surface area contributed by atoms with Crippen LogP contribution in [0.25, 0.3) is 0 Å². The van der Waals surface area contributed by atoms with Crippen molar-refractivity contribution in [1.29, 1.82) is 0 Å². The van der Waals surface area contributed by atoms with Gasteiger partial charge in [0.1, 0.15) is 5.02 Å². The predicted octanol–water partition coefficient (Wildman–Crippen LogP) is 1.29. The van der Waals surface area contributed by atoms with Gasteiger partial charge in [-0.05, 0) is 6.07 Å². The number of nitrogens with zero attached hydrogens (tertiary/aromatic N) is 6. The molecular formula is C13H16ClN7. The molecule has 7 nitrogen and oxygen atoms in total. The van der Waals surface area contributed by atoms with Crippen LogP contribution in [0, 0.1) is 0 Å². The monoisotopic (exact) mass is 305 g/mol. The van der Waals surface area contributed by atoms with E-state index < -0.39 is 0 Å². The molecular weight excluding hydrogens is 290 g/mol. The minimum Gasteiger partial charge on any atom is -0.357 e. The van der Waals surface area contributed by atoms with Gasteiger partial charge in [0.2, 0.25) is 11.9 Å². The van der Waals surface area contributed by atoms with Crippen LogP contribution in [0.1, 0.15) is 0 Å². The lowest BCUT2D eigenvalue weighted by Gasteiger charge is -2.35. The molecule has 0 aliphatic carbocycles. The van der Waals surface area contributed by atoms with E-state index in [4.69, 9.17) is 11.6 Å². The number of hydrogen-bond donors (Lipinski definition) is 1. The highest BCUT2D eigenvalue weighted by atomic mass is 35.5. The quantitative estimate of drug-likeness (QED) is 0.916. The fourth-order valence-corrected chi connectivity index (χ4v) is 2.48. The summed E-state index contributed by atoms with van der Waals surface area (Å²) in [4.78, 5) is 21.4. The van der Waals surface area contributed by atoms with Gasteiger partial charge in [0.15, 0.2) is 5.82 Å². The third-order valence-corrected chi connectivity index (χ3v) is 3.63. The average molecular weight is 306 g/mol. The number of nitrogens with one attached hydrogen (secondary N) is 1. The molecule has 1 aliphatic heterocycles. The Bertz CT molecular complexity index is 599. The molecule has 110 valence electrons. The normalized spacial score (nSPS) is 15.1. The van der Waals surface area contributed by atoms with E-state index >= 15 is 0 Å². The molecule has 0 bridgehead atoms. The molecule has 1 fully saturated rings. The van der Waals surface area contributed by atoms with Gasteiger partial charge in [-0.2, -0.15) is 4.98 Å². The van der Waals surface area contributed by atoms with E-state index in [1.54, 1.807) is 25.6 Å². The molecule has 0 unspecified atom stereocenters. The Morgan fingerprint density at radius 1 is 1.05 bits per heavy atom. The van der Waals surface area contributed by atoms with Gasteiger partial charge in [-0.1, -0.05) is 11.6 Å². The fourth-order valence-electron chi connectivity index (χ4n) is 2.27. The van der Waals surface area contributed by atoms with E-state index in [1.807, 2.05) is 6.07 Å². The van der Waals surface area contributed by atoms with Crippen LogP contribution >= 0.6 is 11.6 Å². The summed E-state index contributed by atoms with van der Waals surface area (Å²) < 4.78 is 0. The zero-order chi connectivity index (χ0) is 14.7. The molecule has 1 aliphatic rings. The van der Waals surface area contributed by atoms with Gasteiger partial charge in [-0.15, -0.1) is 0 Å². The zero-order valence-corrected chi connectivity index (χ0v) is 12.5. The molecule has 0 atom stereocenters. The SMILES string of the molecule is CNc1ncc(Cl)c(N2CCN(c3ncccn3)CC2)n1. The predicted molar refractivity (Wildman–Crippen MR) is 83.0 cm³/mol. The molecule has 3 rings (SSSR count). The van der Waals surface area contributed by atoms with Crippen LogP contribution in [0.4, 0.5) is 17.7 Å². The second-order valence-corrected chi connectivity index (χ2v) is 5.05. The van der Waals surface area contributed by atoms with E-state index in [0.717, 1.165) is 37.9 Å². The van der Waals surface area contributed by atoms with Crippen LogP contribution in [-0.2, 0) is 0 Å². The van der Waals surface area contributed by atoms with Crippen molar-refractivity contribution in [3.05, 3.63) is 29.7 Å². The van der Waals surface area contributed by atoms with Gasteiger partial charge < -0.3 is 15.1 Å². The number of piperazine rings is 1.